The monoisotopic (exact) mass is 264 g/mol. The Morgan fingerprint density at radius 3 is 3.05 bits per heavy atom. The lowest BCUT2D eigenvalue weighted by molar-refractivity contribution is 0.0690. The van der Waals surface area contributed by atoms with Crippen LogP contribution < -0.4 is 5.32 Å². The number of hydrogen-bond donors (Lipinski definition) is 2. The zero-order chi connectivity index (χ0) is 13.7. The third kappa shape index (κ3) is 3.51. The molecule has 6 nitrogen and oxygen atoms in total. The van der Waals surface area contributed by atoms with Gasteiger partial charge in [0, 0.05) is 26.0 Å². The van der Waals surface area contributed by atoms with Crippen molar-refractivity contribution in [2.75, 3.05) is 19.8 Å². The molecule has 1 aromatic rings. The van der Waals surface area contributed by atoms with E-state index in [-0.39, 0.29) is 11.3 Å². The van der Waals surface area contributed by atoms with Crippen molar-refractivity contribution in [3.8, 4) is 0 Å². The Hall–Kier alpha value is -1.95. The molecular weight excluding hydrogens is 248 g/mol. The molecule has 19 heavy (non-hydrogen) atoms. The van der Waals surface area contributed by atoms with Crippen LogP contribution in [0.1, 0.15) is 33.7 Å². The molecule has 6 heteroatoms. The zero-order valence-electron chi connectivity index (χ0n) is 10.5. The number of carbonyl (C=O) groups is 2. The Balaban J connectivity index is 1.90. The molecule has 0 saturated carbocycles. The molecule has 1 aliphatic heterocycles. The fourth-order valence-corrected chi connectivity index (χ4v) is 2.04. The van der Waals surface area contributed by atoms with Crippen molar-refractivity contribution in [1.82, 2.24) is 10.3 Å². The summed E-state index contributed by atoms with van der Waals surface area (Å²) >= 11 is 0. The van der Waals surface area contributed by atoms with E-state index in [1.165, 1.54) is 18.3 Å². The topological polar surface area (TPSA) is 88.5 Å². The van der Waals surface area contributed by atoms with E-state index in [1.54, 1.807) is 0 Å². The lowest BCUT2D eigenvalue weighted by atomic mass is 10.1. The van der Waals surface area contributed by atoms with Gasteiger partial charge >= 0.3 is 5.97 Å². The number of carboxylic acids is 1. The van der Waals surface area contributed by atoms with E-state index >= 15 is 0 Å². The van der Waals surface area contributed by atoms with Crippen molar-refractivity contribution in [2.24, 2.45) is 5.92 Å². The summed E-state index contributed by atoms with van der Waals surface area (Å²) in [5.74, 6) is -1.12. The molecular formula is C13H16N2O4. The van der Waals surface area contributed by atoms with Gasteiger partial charge in [-0.15, -0.1) is 0 Å². The van der Waals surface area contributed by atoms with E-state index in [4.69, 9.17) is 9.84 Å². The number of nitrogens with one attached hydrogen (secondary N) is 1. The van der Waals surface area contributed by atoms with Crippen LogP contribution in [0.2, 0.25) is 0 Å². The van der Waals surface area contributed by atoms with Crippen LogP contribution in [0.4, 0.5) is 0 Å². The Morgan fingerprint density at radius 1 is 1.53 bits per heavy atom. The van der Waals surface area contributed by atoms with Gasteiger partial charge in [0.25, 0.3) is 5.91 Å². The van der Waals surface area contributed by atoms with E-state index < -0.39 is 11.9 Å². The summed E-state index contributed by atoms with van der Waals surface area (Å²) in [6.45, 7) is 2.02. The van der Waals surface area contributed by atoms with Crippen molar-refractivity contribution in [3.63, 3.8) is 0 Å². The number of aromatic nitrogens is 1. The summed E-state index contributed by atoms with van der Waals surface area (Å²) in [6.07, 6.45) is 3.26. The third-order valence-corrected chi connectivity index (χ3v) is 3.12. The Kier molecular flexibility index (Phi) is 4.46. The average molecular weight is 264 g/mol. The van der Waals surface area contributed by atoms with E-state index in [9.17, 15) is 9.59 Å². The zero-order valence-corrected chi connectivity index (χ0v) is 10.5. The number of rotatable bonds is 5. The third-order valence-electron chi connectivity index (χ3n) is 3.12. The highest BCUT2D eigenvalue weighted by Gasteiger charge is 2.19. The average Bonchev–Trinajstić information content (AvgIpc) is 2.91. The van der Waals surface area contributed by atoms with E-state index in [1.807, 2.05) is 0 Å². The molecule has 1 saturated heterocycles. The van der Waals surface area contributed by atoms with Crippen molar-refractivity contribution in [2.45, 2.75) is 12.8 Å². The van der Waals surface area contributed by atoms with Crippen LogP contribution in [-0.2, 0) is 4.74 Å². The van der Waals surface area contributed by atoms with Gasteiger partial charge in [0.15, 0.2) is 0 Å². The minimum absolute atomic E-state index is 0.0438. The number of amides is 1. The lowest BCUT2D eigenvalue weighted by Crippen LogP contribution is -2.28. The summed E-state index contributed by atoms with van der Waals surface area (Å²) in [5, 5.41) is 11.7. The number of ether oxygens (including phenoxy) is 1. The summed E-state index contributed by atoms with van der Waals surface area (Å²) < 4.78 is 5.25. The second-order valence-corrected chi connectivity index (χ2v) is 4.48. The van der Waals surface area contributed by atoms with Crippen LogP contribution in [0.25, 0.3) is 0 Å². The number of carboxylic acid groups (broad SMARTS) is 1. The molecule has 0 radical (unpaired) electrons. The highest BCUT2D eigenvalue weighted by atomic mass is 16.5. The first-order valence-electron chi connectivity index (χ1n) is 6.22. The fraction of sp³-hybridized carbons (Fsp3) is 0.462. The lowest BCUT2D eigenvalue weighted by Gasteiger charge is -2.09. The fourth-order valence-electron chi connectivity index (χ4n) is 2.04. The molecule has 2 heterocycles. The van der Waals surface area contributed by atoms with Gasteiger partial charge in [-0.2, -0.15) is 0 Å². The smallest absolute Gasteiger partial charge is 0.338 e. The van der Waals surface area contributed by atoms with Crippen LogP contribution in [0.15, 0.2) is 18.3 Å². The molecule has 1 amide bonds. The van der Waals surface area contributed by atoms with Gasteiger partial charge < -0.3 is 15.2 Å². The van der Waals surface area contributed by atoms with E-state index in [0.29, 0.717) is 12.5 Å². The maximum Gasteiger partial charge on any atom is 0.338 e. The quantitative estimate of drug-likeness (QED) is 0.826. The normalized spacial score (nSPS) is 18.2. The van der Waals surface area contributed by atoms with Crippen LogP contribution in [0.3, 0.4) is 0 Å². The second kappa shape index (κ2) is 6.29. The Bertz CT molecular complexity index is 469. The van der Waals surface area contributed by atoms with Crippen molar-refractivity contribution < 1.29 is 19.4 Å². The van der Waals surface area contributed by atoms with Crippen LogP contribution in [-0.4, -0.2) is 41.7 Å². The molecule has 1 aromatic heterocycles. The summed E-state index contributed by atoms with van der Waals surface area (Å²) in [7, 11) is 0. The number of nitrogens with zero attached hydrogens (tertiary/aromatic N) is 1. The van der Waals surface area contributed by atoms with Gasteiger partial charge in [0.2, 0.25) is 0 Å². The second-order valence-electron chi connectivity index (χ2n) is 4.48. The molecule has 1 atom stereocenters. The van der Waals surface area contributed by atoms with Crippen molar-refractivity contribution in [3.05, 3.63) is 29.6 Å². The number of aromatic carboxylic acids is 1. The van der Waals surface area contributed by atoms with Gasteiger partial charge in [0.1, 0.15) is 5.69 Å². The minimum atomic E-state index is -1.15. The van der Waals surface area contributed by atoms with Crippen molar-refractivity contribution >= 4 is 11.9 Å². The van der Waals surface area contributed by atoms with Crippen LogP contribution in [0.5, 0.6) is 0 Å². The Morgan fingerprint density at radius 2 is 2.37 bits per heavy atom. The Labute approximate surface area is 110 Å². The predicted molar refractivity (Wildman–Crippen MR) is 67.1 cm³/mol. The predicted octanol–water partition coefficient (Wildman–Crippen LogP) is 0.936. The van der Waals surface area contributed by atoms with E-state index in [2.05, 4.69) is 10.3 Å². The number of pyridine rings is 1. The number of carbonyl (C=O) groups excluding carboxylic acids is 1. The minimum Gasteiger partial charge on any atom is -0.478 e. The molecule has 0 spiro atoms. The number of hydrogen-bond acceptors (Lipinski definition) is 4. The van der Waals surface area contributed by atoms with Gasteiger partial charge in [-0.25, -0.2) is 4.79 Å². The molecule has 1 fully saturated rings. The highest BCUT2D eigenvalue weighted by Crippen LogP contribution is 2.15. The highest BCUT2D eigenvalue weighted by molar-refractivity contribution is 6.03. The molecule has 0 aromatic carbocycles. The molecule has 1 aliphatic rings. The molecule has 0 aliphatic carbocycles. The van der Waals surface area contributed by atoms with Gasteiger partial charge in [0.05, 0.1) is 5.56 Å². The maximum atomic E-state index is 11.9. The van der Waals surface area contributed by atoms with Gasteiger partial charge in [-0.05, 0) is 30.9 Å². The van der Waals surface area contributed by atoms with Crippen LogP contribution >= 0.6 is 0 Å². The summed E-state index contributed by atoms with van der Waals surface area (Å²) in [5.41, 5.74) is -0.123. The standard InChI is InChI=1S/C13H16N2O4/c16-12(15-6-3-9-4-7-19-8-9)11-10(13(17)18)2-1-5-14-11/h1-2,5,9H,3-4,6-8H2,(H,15,16)(H,17,18). The molecule has 2 N–H and O–H groups in total. The first-order valence-corrected chi connectivity index (χ1v) is 6.22. The largest absolute Gasteiger partial charge is 0.478 e. The summed E-state index contributed by atoms with van der Waals surface area (Å²) in [4.78, 5) is 26.7. The first-order chi connectivity index (χ1) is 9.18. The molecule has 0 bridgehead atoms. The first kappa shape index (κ1) is 13.5. The molecule has 1 unspecified atom stereocenters. The van der Waals surface area contributed by atoms with Crippen LogP contribution in [0, 0.1) is 5.92 Å². The SMILES string of the molecule is O=C(O)c1cccnc1C(=O)NCCC1CCOC1. The van der Waals surface area contributed by atoms with Gasteiger partial charge in [-0.3, -0.25) is 9.78 Å². The van der Waals surface area contributed by atoms with Gasteiger partial charge in [-0.1, -0.05) is 0 Å². The molecule has 102 valence electrons. The molecule has 2 rings (SSSR count). The van der Waals surface area contributed by atoms with E-state index in [0.717, 1.165) is 26.1 Å². The summed E-state index contributed by atoms with van der Waals surface area (Å²) in [6, 6.07) is 2.87. The van der Waals surface area contributed by atoms with Crippen molar-refractivity contribution in [1.29, 1.82) is 0 Å². The maximum absolute atomic E-state index is 11.9.